The Morgan fingerprint density at radius 3 is 2.19 bits per heavy atom. The summed E-state index contributed by atoms with van der Waals surface area (Å²) >= 11 is 12.0. The fourth-order valence-corrected chi connectivity index (χ4v) is 2.73. The van der Waals surface area contributed by atoms with Crippen LogP contribution in [0.1, 0.15) is 22.8 Å². The van der Waals surface area contributed by atoms with Crippen molar-refractivity contribution in [1.29, 1.82) is 0 Å². The van der Waals surface area contributed by atoms with Crippen LogP contribution in [0.15, 0.2) is 36.4 Å². The van der Waals surface area contributed by atoms with Crippen molar-refractivity contribution in [1.82, 2.24) is 10.9 Å². The van der Waals surface area contributed by atoms with Crippen molar-refractivity contribution in [3.8, 4) is 11.5 Å². The van der Waals surface area contributed by atoms with Gasteiger partial charge in [0.05, 0.1) is 17.2 Å². The van der Waals surface area contributed by atoms with E-state index in [1.807, 2.05) is 12.1 Å². The van der Waals surface area contributed by atoms with Gasteiger partial charge in [0.15, 0.2) is 12.4 Å². The summed E-state index contributed by atoms with van der Waals surface area (Å²) in [7, 11) is 1.42. The molecule has 0 bridgehead atoms. The molecule has 0 aliphatic carbocycles. The van der Waals surface area contributed by atoms with Gasteiger partial charge >= 0.3 is 0 Å². The predicted octanol–water partition coefficient (Wildman–Crippen LogP) is 3.40. The van der Waals surface area contributed by atoms with E-state index in [-0.39, 0.29) is 28.0 Å². The smallest absolute Gasteiger partial charge is 0.276 e. The van der Waals surface area contributed by atoms with E-state index < -0.39 is 11.8 Å². The average Bonchev–Trinajstić information content (AvgIpc) is 2.64. The number of hydrogen-bond donors (Lipinski definition) is 2. The molecule has 2 N–H and O–H groups in total. The third kappa shape index (κ3) is 5.28. The van der Waals surface area contributed by atoms with Crippen LogP contribution in [0.2, 0.25) is 10.0 Å². The van der Waals surface area contributed by atoms with Gasteiger partial charge in [-0.25, -0.2) is 0 Å². The summed E-state index contributed by atoms with van der Waals surface area (Å²) in [6.45, 7) is 1.81. The summed E-state index contributed by atoms with van der Waals surface area (Å²) in [5.74, 6) is -0.241. The number of hydrogen-bond acceptors (Lipinski definition) is 4. The molecule has 0 aliphatic heterocycles. The Morgan fingerprint density at radius 1 is 1.04 bits per heavy atom. The van der Waals surface area contributed by atoms with E-state index in [2.05, 4.69) is 17.8 Å². The second-order valence-electron chi connectivity index (χ2n) is 5.26. The highest BCUT2D eigenvalue weighted by Gasteiger charge is 2.14. The van der Waals surface area contributed by atoms with E-state index in [0.717, 1.165) is 6.42 Å². The van der Waals surface area contributed by atoms with Crippen LogP contribution in [0.3, 0.4) is 0 Å². The van der Waals surface area contributed by atoms with Crippen LogP contribution in [-0.2, 0) is 11.2 Å². The minimum Gasteiger partial charge on any atom is -0.494 e. The van der Waals surface area contributed by atoms with Crippen LogP contribution in [0.4, 0.5) is 0 Å². The first-order valence-electron chi connectivity index (χ1n) is 7.78. The van der Waals surface area contributed by atoms with Gasteiger partial charge in [0.1, 0.15) is 5.75 Å². The van der Waals surface area contributed by atoms with Gasteiger partial charge in [-0.3, -0.25) is 20.4 Å². The van der Waals surface area contributed by atoms with E-state index >= 15 is 0 Å². The minimum atomic E-state index is -0.572. The SMILES string of the molecule is CCc1ccc(OCC(=O)NNC(=O)c2cc(Cl)c(OC)c(Cl)c2)cc1. The Bertz CT molecular complexity index is 771. The zero-order valence-corrected chi connectivity index (χ0v) is 15.8. The molecular formula is C18H18Cl2N2O4. The van der Waals surface area contributed by atoms with Gasteiger partial charge in [0.25, 0.3) is 11.8 Å². The second-order valence-corrected chi connectivity index (χ2v) is 6.08. The Labute approximate surface area is 161 Å². The molecule has 8 heteroatoms. The van der Waals surface area contributed by atoms with Crippen LogP contribution in [0.25, 0.3) is 0 Å². The molecule has 0 saturated heterocycles. The van der Waals surface area contributed by atoms with Crippen molar-refractivity contribution in [3.05, 3.63) is 57.6 Å². The van der Waals surface area contributed by atoms with Gasteiger partial charge in [-0.15, -0.1) is 0 Å². The van der Waals surface area contributed by atoms with Crippen molar-refractivity contribution in [3.63, 3.8) is 0 Å². The standard InChI is InChI=1S/C18H18Cl2N2O4/c1-3-11-4-6-13(7-5-11)26-10-16(23)21-22-18(24)12-8-14(19)17(25-2)15(20)9-12/h4-9H,3,10H2,1-2H3,(H,21,23)(H,22,24). The zero-order valence-electron chi connectivity index (χ0n) is 14.3. The summed E-state index contributed by atoms with van der Waals surface area (Å²) in [6.07, 6.45) is 0.923. The summed E-state index contributed by atoms with van der Waals surface area (Å²) in [6, 6.07) is 10.2. The summed E-state index contributed by atoms with van der Waals surface area (Å²) < 4.78 is 10.4. The summed E-state index contributed by atoms with van der Waals surface area (Å²) in [5.41, 5.74) is 5.88. The van der Waals surface area contributed by atoms with Crippen molar-refractivity contribution in [2.75, 3.05) is 13.7 Å². The fourth-order valence-electron chi connectivity index (χ4n) is 2.09. The van der Waals surface area contributed by atoms with Gasteiger partial charge in [0.2, 0.25) is 0 Å². The predicted molar refractivity (Wildman–Crippen MR) is 99.9 cm³/mol. The fraction of sp³-hybridized carbons (Fsp3) is 0.222. The van der Waals surface area contributed by atoms with Crippen molar-refractivity contribution < 1.29 is 19.1 Å². The van der Waals surface area contributed by atoms with Crippen molar-refractivity contribution >= 4 is 35.0 Å². The number of aryl methyl sites for hydroxylation is 1. The number of amides is 2. The Balaban J connectivity index is 1.85. The topological polar surface area (TPSA) is 76.7 Å². The maximum atomic E-state index is 12.1. The molecule has 0 fully saturated rings. The first-order valence-corrected chi connectivity index (χ1v) is 8.54. The number of benzene rings is 2. The summed E-state index contributed by atoms with van der Waals surface area (Å²) in [4.78, 5) is 23.9. The zero-order chi connectivity index (χ0) is 19.1. The molecule has 0 saturated carbocycles. The van der Waals surface area contributed by atoms with Crippen molar-refractivity contribution in [2.45, 2.75) is 13.3 Å². The van der Waals surface area contributed by atoms with E-state index in [9.17, 15) is 9.59 Å². The first kappa shape index (κ1) is 19.9. The molecule has 0 aromatic heterocycles. The maximum absolute atomic E-state index is 12.1. The molecule has 0 spiro atoms. The number of halogens is 2. The molecule has 0 unspecified atom stereocenters. The maximum Gasteiger partial charge on any atom is 0.276 e. The van der Waals surface area contributed by atoms with Crippen LogP contribution < -0.4 is 20.3 Å². The molecule has 0 radical (unpaired) electrons. The summed E-state index contributed by atoms with van der Waals surface area (Å²) in [5, 5.41) is 0.380. The number of ether oxygens (including phenoxy) is 2. The van der Waals surface area contributed by atoms with Crippen LogP contribution in [-0.4, -0.2) is 25.5 Å². The third-order valence-electron chi connectivity index (χ3n) is 3.48. The Kier molecular flexibility index (Phi) is 7.12. The average molecular weight is 397 g/mol. The highest BCUT2D eigenvalue weighted by atomic mass is 35.5. The lowest BCUT2D eigenvalue weighted by molar-refractivity contribution is -0.123. The molecule has 0 heterocycles. The lowest BCUT2D eigenvalue weighted by atomic mass is 10.2. The monoisotopic (exact) mass is 396 g/mol. The quantitative estimate of drug-likeness (QED) is 0.733. The number of rotatable bonds is 6. The highest BCUT2D eigenvalue weighted by molar-refractivity contribution is 6.37. The normalized spacial score (nSPS) is 10.2. The molecule has 2 rings (SSSR count). The largest absolute Gasteiger partial charge is 0.494 e. The molecule has 2 amide bonds. The number of methoxy groups -OCH3 is 1. The van der Waals surface area contributed by atoms with Gasteiger partial charge in [-0.05, 0) is 36.2 Å². The number of carbonyl (C=O) groups excluding carboxylic acids is 2. The van der Waals surface area contributed by atoms with Crippen LogP contribution >= 0.6 is 23.2 Å². The molecule has 6 nitrogen and oxygen atoms in total. The first-order chi connectivity index (χ1) is 12.4. The van der Waals surface area contributed by atoms with E-state index in [1.54, 1.807) is 12.1 Å². The molecule has 0 atom stereocenters. The Morgan fingerprint density at radius 2 is 1.65 bits per heavy atom. The molecule has 138 valence electrons. The van der Waals surface area contributed by atoms with Gasteiger partial charge in [0, 0.05) is 5.56 Å². The Hall–Kier alpha value is -2.44. The third-order valence-corrected chi connectivity index (χ3v) is 4.04. The second kappa shape index (κ2) is 9.31. The minimum absolute atomic E-state index is 0.178. The van der Waals surface area contributed by atoms with E-state index in [1.165, 1.54) is 24.8 Å². The number of nitrogens with one attached hydrogen (secondary N) is 2. The molecular weight excluding hydrogens is 379 g/mol. The lowest BCUT2D eigenvalue weighted by Crippen LogP contribution is -2.43. The van der Waals surface area contributed by atoms with Gasteiger partial charge < -0.3 is 9.47 Å². The van der Waals surface area contributed by atoms with E-state index in [4.69, 9.17) is 32.7 Å². The lowest BCUT2D eigenvalue weighted by Gasteiger charge is -2.11. The van der Waals surface area contributed by atoms with Crippen molar-refractivity contribution in [2.24, 2.45) is 0 Å². The number of carbonyl (C=O) groups is 2. The molecule has 2 aromatic rings. The molecule has 2 aromatic carbocycles. The van der Waals surface area contributed by atoms with E-state index in [0.29, 0.717) is 5.75 Å². The van der Waals surface area contributed by atoms with Crippen LogP contribution in [0, 0.1) is 0 Å². The van der Waals surface area contributed by atoms with Crippen LogP contribution in [0.5, 0.6) is 11.5 Å². The molecule has 0 aliphatic rings. The highest BCUT2D eigenvalue weighted by Crippen LogP contribution is 2.33. The molecule has 26 heavy (non-hydrogen) atoms. The van der Waals surface area contributed by atoms with Gasteiger partial charge in [-0.1, -0.05) is 42.3 Å². The number of hydrazine groups is 1. The van der Waals surface area contributed by atoms with Gasteiger partial charge in [-0.2, -0.15) is 0 Å².